The van der Waals surface area contributed by atoms with E-state index in [2.05, 4.69) is 27.7 Å². The lowest BCUT2D eigenvalue weighted by molar-refractivity contribution is -0.921. The Morgan fingerprint density at radius 1 is 0.700 bits per heavy atom. The first kappa shape index (κ1) is 31.5. The van der Waals surface area contributed by atoms with Gasteiger partial charge in [-0.2, -0.15) is 35.1 Å². The summed E-state index contributed by atoms with van der Waals surface area (Å²) in [5, 5.41) is -6.88. The second kappa shape index (κ2) is 11.3. The summed E-state index contributed by atoms with van der Waals surface area (Å²) in [6.45, 7) is 15.7. The molecule has 0 bridgehead atoms. The number of hydrogen-bond acceptors (Lipinski definition) is 3. The minimum Gasteiger partial charge on any atom is -0.743 e. The Labute approximate surface area is 173 Å². The van der Waals surface area contributed by atoms with Crippen molar-refractivity contribution in [1.82, 2.24) is 0 Å². The van der Waals surface area contributed by atoms with Crippen molar-refractivity contribution in [3.8, 4) is 0 Å². The molecule has 0 aromatic rings. The van der Waals surface area contributed by atoms with E-state index in [4.69, 9.17) is 0 Å². The van der Waals surface area contributed by atoms with E-state index in [1.807, 2.05) is 0 Å². The molecule has 0 saturated carbocycles. The first-order valence-electron chi connectivity index (χ1n) is 9.62. The van der Waals surface area contributed by atoms with Gasteiger partial charge in [0.2, 0.25) is 0 Å². The Balaban J connectivity index is 0. The highest BCUT2D eigenvalue weighted by Crippen LogP contribution is 2.55. The van der Waals surface area contributed by atoms with Gasteiger partial charge in [-0.3, -0.25) is 0 Å². The van der Waals surface area contributed by atoms with Crippen LogP contribution in [0.2, 0.25) is 0 Å². The molecule has 0 rings (SSSR count). The van der Waals surface area contributed by atoms with Crippen LogP contribution in [0.5, 0.6) is 0 Å². The number of nitrogens with zero attached hydrogens (tertiary/aromatic N) is 1. The molecule has 0 fully saturated rings. The van der Waals surface area contributed by atoms with Crippen LogP contribution in [0.4, 0.5) is 35.1 Å². The van der Waals surface area contributed by atoms with Gasteiger partial charge in [0.05, 0.1) is 26.2 Å². The van der Waals surface area contributed by atoms with Crippen LogP contribution in [0.3, 0.4) is 0 Å². The Morgan fingerprint density at radius 3 is 1.30 bits per heavy atom. The van der Waals surface area contributed by atoms with E-state index in [1.54, 1.807) is 0 Å². The first-order chi connectivity index (χ1) is 13.3. The van der Waals surface area contributed by atoms with Crippen LogP contribution < -0.4 is 0 Å². The van der Waals surface area contributed by atoms with Gasteiger partial charge in [-0.25, -0.2) is 8.42 Å². The van der Waals surface area contributed by atoms with E-state index in [0.29, 0.717) is 0 Å². The number of quaternary nitrogens is 1. The van der Waals surface area contributed by atoms with Gasteiger partial charge in [0.25, 0.3) is 0 Å². The van der Waals surface area contributed by atoms with Crippen molar-refractivity contribution in [2.24, 2.45) is 0 Å². The molecule has 0 heterocycles. The van der Waals surface area contributed by atoms with E-state index >= 15 is 0 Å². The van der Waals surface area contributed by atoms with Gasteiger partial charge in [0.15, 0.2) is 10.1 Å². The quantitative estimate of drug-likeness (QED) is 0.160. The molecule has 0 unspecified atom stereocenters. The maximum atomic E-state index is 13.1. The molecule has 0 aliphatic carbocycles. The van der Waals surface area contributed by atoms with Crippen LogP contribution in [0.15, 0.2) is 0 Å². The summed E-state index contributed by atoms with van der Waals surface area (Å²) in [5.74, 6) is -19.4. The average Bonchev–Trinajstić information content (AvgIpc) is 2.63. The number of rotatable bonds is 12. The van der Waals surface area contributed by atoms with E-state index in [-0.39, 0.29) is 12.8 Å². The zero-order valence-corrected chi connectivity index (χ0v) is 18.6. The monoisotopic (exact) mass is 481 g/mol. The predicted molar refractivity (Wildman–Crippen MR) is 96.1 cm³/mol. The van der Waals surface area contributed by atoms with Crippen LogP contribution in [-0.2, 0) is 10.1 Å². The number of unbranched alkanes of at least 4 members (excludes halogenated alkanes) is 2. The molecule has 0 aromatic heterocycles. The predicted octanol–water partition coefficient (Wildman–Crippen LogP) is 5.49. The molecule has 0 radical (unpaired) electrons. The lowest BCUT2D eigenvalue weighted by Gasteiger charge is -2.37. The molecule has 0 aliphatic rings. The number of halogens is 8. The van der Waals surface area contributed by atoms with Crippen molar-refractivity contribution in [2.45, 2.75) is 83.3 Å². The standard InChI is InChI=1S/C9H12F8O3S.C8H20N/c1-2-3-4-5-6(10,11)7(12,13)8(14,15)9(16,17)21(18,19)20;1-5-9(6-2,7-3)8-4/h2-5H2,1H3,(H,18,19,20);5-8H2,1-4H3/q;+1/p-1. The summed E-state index contributed by atoms with van der Waals surface area (Å²) < 4.78 is 135. The lowest BCUT2D eigenvalue weighted by atomic mass is 9.99. The maximum absolute atomic E-state index is 13.1. The van der Waals surface area contributed by atoms with Gasteiger partial charge >= 0.3 is 23.0 Å². The summed E-state index contributed by atoms with van der Waals surface area (Å²) in [6.07, 6.45) is -2.35. The van der Waals surface area contributed by atoms with Crippen LogP contribution in [0.1, 0.15) is 60.3 Å². The largest absolute Gasteiger partial charge is 0.743 e. The van der Waals surface area contributed by atoms with Crippen LogP contribution in [0.25, 0.3) is 0 Å². The summed E-state index contributed by atoms with van der Waals surface area (Å²) in [6, 6.07) is 0. The Morgan fingerprint density at radius 2 is 1.07 bits per heavy atom. The molecule has 184 valence electrons. The molecule has 0 N–H and O–H groups in total. The molecule has 0 amide bonds. The van der Waals surface area contributed by atoms with Gasteiger partial charge < -0.3 is 9.04 Å². The van der Waals surface area contributed by atoms with Crippen LogP contribution >= 0.6 is 0 Å². The van der Waals surface area contributed by atoms with E-state index in [9.17, 15) is 48.1 Å². The summed E-state index contributed by atoms with van der Waals surface area (Å²) in [4.78, 5) is 0. The topological polar surface area (TPSA) is 57.2 Å². The van der Waals surface area contributed by atoms with Gasteiger partial charge in [-0.15, -0.1) is 0 Å². The van der Waals surface area contributed by atoms with Crippen molar-refractivity contribution < 1.29 is 52.6 Å². The highest BCUT2D eigenvalue weighted by molar-refractivity contribution is 7.86. The molecule has 0 aliphatic heterocycles. The van der Waals surface area contributed by atoms with E-state index in [0.717, 1.165) is 0 Å². The van der Waals surface area contributed by atoms with Gasteiger partial charge in [-0.1, -0.05) is 19.8 Å². The average molecular weight is 481 g/mol. The molecule has 0 spiro atoms. The van der Waals surface area contributed by atoms with Crippen molar-refractivity contribution in [3.63, 3.8) is 0 Å². The fraction of sp³-hybridized carbons (Fsp3) is 1.00. The minimum absolute atomic E-state index is 0.0620. The maximum Gasteiger partial charge on any atom is 0.402 e. The molecule has 30 heavy (non-hydrogen) atoms. The summed E-state index contributed by atoms with van der Waals surface area (Å²) >= 11 is 0. The molecule has 4 nitrogen and oxygen atoms in total. The van der Waals surface area contributed by atoms with Crippen molar-refractivity contribution in [2.75, 3.05) is 26.2 Å². The minimum atomic E-state index is -7.28. The van der Waals surface area contributed by atoms with Crippen LogP contribution in [-0.4, -0.2) is 66.7 Å². The zero-order valence-electron chi connectivity index (χ0n) is 17.8. The van der Waals surface area contributed by atoms with E-state index in [1.165, 1.54) is 37.6 Å². The number of hydrogen-bond donors (Lipinski definition) is 0. The fourth-order valence-corrected chi connectivity index (χ4v) is 3.11. The highest BCUT2D eigenvalue weighted by atomic mass is 32.2. The Hall–Kier alpha value is -0.690. The molecule has 13 heteroatoms. The second-order valence-corrected chi connectivity index (χ2v) is 8.31. The van der Waals surface area contributed by atoms with Gasteiger partial charge in [-0.05, 0) is 34.1 Å². The smallest absolute Gasteiger partial charge is 0.402 e. The summed E-state index contributed by atoms with van der Waals surface area (Å²) in [7, 11) is -7.28. The van der Waals surface area contributed by atoms with Gasteiger partial charge in [0.1, 0.15) is 0 Å². The Kier molecular flexibility index (Phi) is 11.8. The molecular weight excluding hydrogens is 450 g/mol. The van der Waals surface area contributed by atoms with Crippen molar-refractivity contribution >= 4 is 10.1 Å². The van der Waals surface area contributed by atoms with Crippen molar-refractivity contribution in [3.05, 3.63) is 0 Å². The fourth-order valence-electron chi connectivity index (χ4n) is 2.67. The molecule has 0 aromatic carbocycles. The second-order valence-electron chi connectivity index (χ2n) is 6.89. The molecule has 0 atom stereocenters. The van der Waals surface area contributed by atoms with Crippen LogP contribution in [0, 0.1) is 0 Å². The lowest BCUT2D eigenvalue weighted by Crippen LogP contribution is -2.64. The third kappa shape index (κ3) is 6.65. The molecule has 0 saturated heterocycles. The highest BCUT2D eigenvalue weighted by Gasteiger charge is 2.82. The first-order valence-corrected chi connectivity index (χ1v) is 11.0. The molecular formula is C17H31F8NO3S. The van der Waals surface area contributed by atoms with Gasteiger partial charge in [0, 0.05) is 6.42 Å². The van der Waals surface area contributed by atoms with E-state index < -0.39 is 46.0 Å². The third-order valence-corrected chi connectivity index (χ3v) is 6.20. The third-order valence-electron chi connectivity index (χ3n) is 5.31. The zero-order chi connectivity index (χ0) is 24.7. The normalized spacial score (nSPS) is 14.3. The summed E-state index contributed by atoms with van der Waals surface area (Å²) in [5.41, 5.74) is 0. The van der Waals surface area contributed by atoms with Crippen molar-refractivity contribution in [1.29, 1.82) is 0 Å². The Bertz CT molecular complexity index is 591. The number of alkyl halides is 8. The SMILES string of the molecule is CCCCCC(F)(F)C(F)(F)C(F)(F)C(F)(F)S(=O)(=O)[O-].CC[N+](CC)(CC)CC.